The lowest BCUT2D eigenvalue weighted by Gasteiger charge is -2.16. The monoisotopic (exact) mass is 229 g/mol. The minimum absolute atomic E-state index is 0.598. The van der Waals surface area contributed by atoms with Gasteiger partial charge >= 0.3 is 0 Å². The first-order valence-electron chi connectivity index (χ1n) is 6.53. The van der Waals surface area contributed by atoms with E-state index >= 15 is 0 Å². The number of benzene rings is 1. The maximum atomic E-state index is 3.54. The summed E-state index contributed by atoms with van der Waals surface area (Å²) in [6, 6.07) is 11.3. The molecule has 1 heteroatoms. The van der Waals surface area contributed by atoms with Crippen molar-refractivity contribution in [3.05, 3.63) is 35.9 Å². The Balaban J connectivity index is 2.35. The van der Waals surface area contributed by atoms with Crippen LogP contribution in [0.2, 0.25) is 0 Å². The van der Waals surface area contributed by atoms with E-state index < -0.39 is 0 Å². The zero-order chi connectivity index (χ0) is 12.3. The first-order chi connectivity index (χ1) is 8.36. The second-order valence-electron chi connectivity index (χ2n) is 4.24. The van der Waals surface area contributed by atoms with E-state index in [0.29, 0.717) is 6.04 Å². The summed E-state index contributed by atoms with van der Waals surface area (Å²) in [5, 5.41) is 3.54. The van der Waals surface area contributed by atoms with E-state index in [9.17, 15) is 0 Å². The van der Waals surface area contributed by atoms with Crippen LogP contribution in [0.5, 0.6) is 0 Å². The lowest BCUT2D eigenvalue weighted by atomic mass is 10.0. The van der Waals surface area contributed by atoms with Gasteiger partial charge in [0, 0.05) is 12.5 Å². The fourth-order valence-electron chi connectivity index (χ4n) is 1.99. The predicted octanol–water partition coefficient (Wildman–Crippen LogP) is 3.40. The van der Waals surface area contributed by atoms with Gasteiger partial charge in [0.1, 0.15) is 0 Å². The van der Waals surface area contributed by atoms with Crippen molar-refractivity contribution in [1.29, 1.82) is 0 Å². The summed E-state index contributed by atoms with van der Waals surface area (Å²) < 4.78 is 0. The highest BCUT2D eigenvalue weighted by Crippen LogP contribution is 2.08. The van der Waals surface area contributed by atoms with Crippen molar-refractivity contribution in [3.63, 3.8) is 0 Å². The van der Waals surface area contributed by atoms with Crippen LogP contribution in [0, 0.1) is 11.8 Å². The van der Waals surface area contributed by atoms with Gasteiger partial charge in [-0.2, -0.15) is 0 Å². The minimum atomic E-state index is 0.598. The SMILES string of the molecule is CC#CCCC(CCc1ccccc1)NCC. The second-order valence-corrected chi connectivity index (χ2v) is 4.24. The molecule has 0 bridgehead atoms. The summed E-state index contributed by atoms with van der Waals surface area (Å²) in [7, 11) is 0. The minimum Gasteiger partial charge on any atom is -0.314 e. The van der Waals surface area contributed by atoms with Crippen molar-refractivity contribution in [2.75, 3.05) is 6.54 Å². The number of aryl methyl sites for hydroxylation is 1. The van der Waals surface area contributed by atoms with Gasteiger partial charge in [0.15, 0.2) is 0 Å². The van der Waals surface area contributed by atoms with Gasteiger partial charge in [-0.25, -0.2) is 0 Å². The molecule has 0 aliphatic rings. The quantitative estimate of drug-likeness (QED) is 0.707. The third-order valence-corrected chi connectivity index (χ3v) is 2.91. The molecule has 1 unspecified atom stereocenters. The van der Waals surface area contributed by atoms with Crippen LogP contribution in [-0.4, -0.2) is 12.6 Å². The molecule has 0 radical (unpaired) electrons. The molecule has 1 nitrogen and oxygen atoms in total. The van der Waals surface area contributed by atoms with E-state index in [0.717, 1.165) is 25.8 Å². The predicted molar refractivity (Wildman–Crippen MR) is 74.9 cm³/mol. The Hall–Kier alpha value is -1.26. The first-order valence-corrected chi connectivity index (χ1v) is 6.53. The smallest absolute Gasteiger partial charge is 0.0103 e. The molecule has 0 fully saturated rings. The molecule has 1 N–H and O–H groups in total. The van der Waals surface area contributed by atoms with Crippen LogP contribution >= 0.6 is 0 Å². The molecule has 1 atom stereocenters. The van der Waals surface area contributed by atoms with Crippen LogP contribution in [0.15, 0.2) is 30.3 Å². The highest BCUT2D eigenvalue weighted by Gasteiger charge is 2.06. The maximum absolute atomic E-state index is 3.54. The summed E-state index contributed by atoms with van der Waals surface area (Å²) in [5.74, 6) is 6.11. The summed E-state index contributed by atoms with van der Waals surface area (Å²) in [5.41, 5.74) is 1.43. The molecule has 0 aromatic heterocycles. The van der Waals surface area contributed by atoms with E-state index in [2.05, 4.69) is 54.4 Å². The number of rotatable bonds is 7. The van der Waals surface area contributed by atoms with Gasteiger partial charge in [0.2, 0.25) is 0 Å². The third-order valence-electron chi connectivity index (χ3n) is 2.91. The fraction of sp³-hybridized carbons (Fsp3) is 0.500. The van der Waals surface area contributed by atoms with Crippen molar-refractivity contribution < 1.29 is 0 Å². The molecule has 92 valence electrons. The molecule has 17 heavy (non-hydrogen) atoms. The molecule has 0 amide bonds. The summed E-state index contributed by atoms with van der Waals surface area (Å²) in [6.45, 7) is 5.12. The lowest BCUT2D eigenvalue weighted by molar-refractivity contribution is 0.469. The molecule has 1 rings (SSSR count). The average Bonchev–Trinajstić information content (AvgIpc) is 2.37. The Morgan fingerprint density at radius 1 is 1.18 bits per heavy atom. The second kappa shape index (κ2) is 8.84. The summed E-state index contributed by atoms with van der Waals surface area (Å²) in [6.07, 6.45) is 4.51. The standard InChI is InChI=1S/C16H23N/c1-3-5-7-12-16(17-4-2)14-13-15-10-8-6-9-11-15/h6,8-11,16-17H,4,7,12-14H2,1-2H3. The van der Waals surface area contributed by atoms with Crippen molar-refractivity contribution >= 4 is 0 Å². The highest BCUT2D eigenvalue weighted by atomic mass is 14.9. The molecule has 0 saturated heterocycles. The van der Waals surface area contributed by atoms with Crippen LogP contribution in [-0.2, 0) is 6.42 Å². The van der Waals surface area contributed by atoms with Crippen molar-refractivity contribution in [3.8, 4) is 11.8 Å². The first kappa shape index (κ1) is 13.8. The molecular weight excluding hydrogens is 206 g/mol. The summed E-state index contributed by atoms with van der Waals surface area (Å²) in [4.78, 5) is 0. The molecular formula is C16H23N. The van der Waals surface area contributed by atoms with Gasteiger partial charge in [-0.1, -0.05) is 37.3 Å². The Kier molecular flexibility index (Phi) is 7.18. The van der Waals surface area contributed by atoms with E-state index in [-0.39, 0.29) is 0 Å². The molecule has 1 aromatic rings. The highest BCUT2D eigenvalue weighted by molar-refractivity contribution is 5.14. The van der Waals surface area contributed by atoms with Crippen molar-refractivity contribution in [2.24, 2.45) is 0 Å². The number of nitrogens with one attached hydrogen (secondary N) is 1. The van der Waals surface area contributed by atoms with E-state index in [1.807, 2.05) is 6.92 Å². The number of hydrogen-bond acceptors (Lipinski definition) is 1. The largest absolute Gasteiger partial charge is 0.314 e. The third kappa shape index (κ3) is 6.14. The van der Waals surface area contributed by atoms with Gasteiger partial charge < -0.3 is 5.32 Å². The van der Waals surface area contributed by atoms with Crippen molar-refractivity contribution in [1.82, 2.24) is 5.32 Å². The van der Waals surface area contributed by atoms with Gasteiger partial charge in [-0.05, 0) is 38.3 Å². The van der Waals surface area contributed by atoms with E-state index in [1.165, 1.54) is 12.0 Å². The number of hydrogen-bond donors (Lipinski definition) is 1. The fourth-order valence-corrected chi connectivity index (χ4v) is 1.99. The molecule has 0 aliphatic carbocycles. The maximum Gasteiger partial charge on any atom is 0.0103 e. The van der Waals surface area contributed by atoms with Crippen LogP contribution in [0.4, 0.5) is 0 Å². The molecule has 0 heterocycles. The van der Waals surface area contributed by atoms with Crippen LogP contribution in [0.25, 0.3) is 0 Å². The summed E-state index contributed by atoms with van der Waals surface area (Å²) >= 11 is 0. The lowest BCUT2D eigenvalue weighted by Crippen LogP contribution is -2.29. The van der Waals surface area contributed by atoms with E-state index in [4.69, 9.17) is 0 Å². The van der Waals surface area contributed by atoms with Crippen LogP contribution in [0.3, 0.4) is 0 Å². The van der Waals surface area contributed by atoms with Gasteiger partial charge in [-0.15, -0.1) is 11.8 Å². The van der Waals surface area contributed by atoms with Crippen LogP contribution in [0.1, 0.15) is 38.7 Å². The van der Waals surface area contributed by atoms with Gasteiger partial charge in [0.05, 0.1) is 0 Å². The zero-order valence-electron chi connectivity index (χ0n) is 11.0. The Bertz CT molecular complexity index is 345. The zero-order valence-corrected chi connectivity index (χ0v) is 11.0. The Morgan fingerprint density at radius 3 is 2.59 bits per heavy atom. The van der Waals surface area contributed by atoms with Gasteiger partial charge in [-0.3, -0.25) is 0 Å². The van der Waals surface area contributed by atoms with Crippen LogP contribution < -0.4 is 5.32 Å². The Morgan fingerprint density at radius 2 is 1.94 bits per heavy atom. The normalized spacial score (nSPS) is 11.6. The van der Waals surface area contributed by atoms with E-state index in [1.54, 1.807) is 0 Å². The molecule has 1 aromatic carbocycles. The molecule has 0 aliphatic heterocycles. The van der Waals surface area contributed by atoms with Gasteiger partial charge in [0.25, 0.3) is 0 Å². The topological polar surface area (TPSA) is 12.0 Å². The Labute approximate surface area is 106 Å². The van der Waals surface area contributed by atoms with Crippen molar-refractivity contribution in [2.45, 2.75) is 45.6 Å². The molecule has 0 spiro atoms. The molecule has 0 saturated carbocycles. The average molecular weight is 229 g/mol.